The number of likely N-dealkylation sites (tertiary alicyclic amines) is 1. The van der Waals surface area contributed by atoms with E-state index in [2.05, 4.69) is 6.58 Å². The van der Waals surface area contributed by atoms with Crippen molar-refractivity contribution < 1.29 is 23.8 Å². The minimum atomic E-state index is -1.33. The number of amides is 1. The Hall–Kier alpha value is -2.11. The fourth-order valence-electron chi connectivity index (χ4n) is 1.87. The normalized spacial score (nSPS) is 23.1. The summed E-state index contributed by atoms with van der Waals surface area (Å²) in [4.78, 5) is 23.7. The first kappa shape index (κ1) is 15.9. The Morgan fingerprint density at radius 2 is 2.25 bits per heavy atom. The van der Waals surface area contributed by atoms with Gasteiger partial charge in [0, 0.05) is 6.42 Å². The van der Waals surface area contributed by atoms with Gasteiger partial charge in [-0.2, -0.15) is 0 Å². The molecule has 0 spiro atoms. The van der Waals surface area contributed by atoms with E-state index in [1.807, 2.05) is 0 Å². The van der Waals surface area contributed by atoms with Crippen molar-refractivity contribution in [2.24, 2.45) is 0 Å². The fraction of sp³-hybridized carbons (Fsp3) is 0.429. The lowest BCUT2D eigenvalue weighted by Crippen LogP contribution is -2.41. The number of hydrogen-bond donors (Lipinski definition) is 1. The van der Waals surface area contributed by atoms with Crippen LogP contribution < -0.4 is 0 Å². The summed E-state index contributed by atoms with van der Waals surface area (Å²) in [7, 11) is 0. The summed E-state index contributed by atoms with van der Waals surface area (Å²) in [5.74, 6) is -1.22. The molecule has 1 fully saturated rings. The Morgan fingerprint density at radius 3 is 2.80 bits per heavy atom. The first-order chi connectivity index (χ1) is 9.49. The number of aliphatic carboxylic acids is 1. The molecule has 6 heteroatoms. The van der Waals surface area contributed by atoms with Gasteiger partial charge in [0.05, 0.1) is 6.54 Å². The van der Waals surface area contributed by atoms with Crippen LogP contribution in [-0.4, -0.2) is 47.4 Å². The van der Waals surface area contributed by atoms with E-state index in [-0.39, 0.29) is 19.6 Å². The Balaban J connectivity index is 2.60. The van der Waals surface area contributed by atoms with Crippen LogP contribution >= 0.6 is 0 Å². The Bertz CT molecular complexity index is 444. The molecular formula is C14H18FNO4. The van der Waals surface area contributed by atoms with Crippen LogP contribution in [0.1, 0.15) is 13.3 Å². The van der Waals surface area contributed by atoms with E-state index >= 15 is 0 Å². The summed E-state index contributed by atoms with van der Waals surface area (Å²) < 4.78 is 18.2. The zero-order valence-corrected chi connectivity index (χ0v) is 11.3. The quantitative estimate of drug-likeness (QED) is 0.786. The molecular weight excluding hydrogens is 265 g/mol. The van der Waals surface area contributed by atoms with Crippen LogP contribution in [0.15, 0.2) is 36.5 Å². The van der Waals surface area contributed by atoms with Crippen molar-refractivity contribution >= 4 is 12.1 Å². The summed E-state index contributed by atoms with van der Waals surface area (Å²) in [5, 5.41) is 8.94. The van der Waals surface area contributed by atoms with Crippen molar-refractivity contribution in [2.45, 2.75) is 25.6 Å². The summed E-state index contributed by atoms with van der Waals surface area (Å²) in [6.45, 7) is 5.06. The van der Waals surface area contributed by atoms with Gasteiger partial charge in [0.25, 0.3) is 0 Å². The number of halogens is 1. The second-order valence-electron chi connectivity index (χ2n) is 4.35. The summed E-state index contributed by atoms with van der Waals surface area (Å²) in [6.07, 6.45) is 4.41. The number of nitrogens with zero attached hydrogens (tertiary/aromatic N) is 1. The minimum absolute atomic E-state index is 0.000531. The predicted molar refractivity (Wildman–Crippen MR) is 72.1 cm³/mol. The molecule has 1 aliphatic rings. The maximum Gasteiger partial charge on any atom is 0.410 e. The lowest BCUT2D eigenvalue weighted by Gasteiger charge is -2.20. The molecule has 0 aromatic heterocycles. The van der Waals surface area contributed by atoms with E-state index in [4.69, 9.17) is 9.84 Å². The van der Waals surface area contributed by atoms with Crippen molar-refractivity contribution in [1.29, 1.82) is 0 Å². The summed E-state index contributed by atoms with van der Waals surface area (Å²) in [5.41, 5.74) is 0.737. The van der Waals surface area contributed by atoms with Gasteiger partial charge in [0.15, 0.2) is 0 Å². The molecule has 0 bridgehead atoms. The molecule has 1 N–H and O–H groups in total. The predicted octanol–water partition coefficient (Wildman–Crippen LogP) is 2.31. The van der Waals surface area contributed by atoms with Gasteiger partial charge in [-0.05, 0) is 12.5 Å². The molecule has 0 aromatic rings. The third-order valence-corrected chi connectivity index (χ3v) is 2.95. The first-order valence-electron chi connectivity index (χ1n) is 6.24. The lowest BCUT2D eigenvalue weighted by molar-refractivity contribution is -0.141. The van der Waals surface area contributed by atoms with Crippen LogP contribution in [-0.2, 0) is 9.53 Å². The molecule has 1 aliphatic heterocycles. The third-order valence-electron chi connectivity index (χ3n) is 2.95. The van der Waals surface area contributed by atoms with E-state index in [1.54, 1.807) is 31.2 Å². The average Bonchev–Trinajstić information content (AvgIpc) is 2.81. The maximum absolute atomic E-state index is 13.2. The van der Waals surface area contributed by atoms with Crippen molar-refractivity contribution in [1.82, 2.24) is 4.90 Å². The monoisotopic (exact) mass is 283 g/mol. The number of carboxylic acid groups (broad SMARTS) is 1. The Labute approximate surface area is 117 Å². The van der Waals surface area contributed by atoms with Gasteiger partial charge in [0.1, 0.15) is 18.8 Å². The number of ether oxygens (including phenoxy) is 1. The Kier molecular flexibility index (Phi) is 5.96. The number of hydrogen-bond acceptors (Lipinski definition) is 3. The maximum atomic E-state index is 13.2. The molecule has 2 atom stereocenters. The Morgan fingerprint density at radius 1 is 1.55 bits per heavy atom. The van der Waals surface area contributed by atoms with E-state index < -0.39 is 24.3 Å². The second kappa shape index (κ2) is 7.47. The van der Waals surface area contributed by atoms with Crippen LogP contribution in [0.5, 0.6) is 0 Å². The van der Waals surface area contributed by atoms with Crippen molar-refractivity contribution in [3.8, 4) is 0 Å². The molecule has 0 saturated carbocycles. The molecule has 1 unspecified atom stereocenters. The molecule has 1 heterocycles. The highest BCUT2D eigenvalue weighted by Gasteiger charge is 2.40. The molecule has 110 valence electrons. The van der Waals surface area contributed by atoms with E-state index in [9.17, 15) is 14.0 Å². The minimum Gasteiger partial charge on any atom is -0.480 e. The molecule has 1 saturated heterocycles. The molecule has 20 heavy (non-hydrogen) atoms. The standard InChI is InChI=1S/C14H18FNO4/c1-3-5-6-10(4-2)9-20-14(19)16-8-11(15)7-12(16)13(17)18/h3-6,11-12H,1,7-9H2,2H3,(H,17,18)/b6-5-,10-4+/t11?,12-/m0/s1. The topological polar surface area (TPSA) is 66.8 Å². The van der Waals surface area contributed by atoms with Crippen LogP contribution in [0.3, 0.4) is 0 Å². The van der Waals surface area contributed by atoms with Gasteiger partial charge in [-0.15, -0.1) is 0 Å². The number of rotatable bonds is 5. The zero-order valence-electron chi connectivity index (χ0n) is 11.3. The first-order valence-corrected chi connectivity index (χ1v) is 6.24. The summed E-state index contributed by atoms with van der Waals surface area (Å²) in [6, 6.07) is -1.16. The summed E-state index contributed by atoms with van der Waals surface area (Å²) >= 11 is 0. The number of carbonyl (C=O) groups is 2. The van der Waals surface area contributed by atoms with Gasteiger partial charge >= 0.3 is 12.1 Å². The van der Waals surface area contributed by atoms with Gasteiger partial charge in [-0.1, -0.05) is 30.9 Å². The van der Waals surface area contributed by atoms with Crippen LogP contribution in [0, 0.1) is 0 Å². The number of carbonyl (C=O) groups excluding carboxylic acids is 1. The van der Waals surface area contributed by atoms with Crippen LogP contribution in [0.25, 0.3) is 0 Å². The highest BCUT2D eigenvalue weighted by molar-refractivity contribution is 5.81. The number of alkyl halides is 1. The van der Waals surface area contributed by atoms with Crippen molar-refractivity contribution in [3.63, 3.8) is 0 Å². The highest BCUT2D eigenvalue weighted by atomic mass is 19.1. The molecule has 0 radical (unpaired) electrons. The van der Waals surface area contributed by atoms with Crippen LogP contribution in [0.2, 0.25) is 0 Å². The molecule has 5 nitrogen and oxygen atoms in total. The lowest BCUT2D eigenvalue weighted by atomic mass is 10.2. The zero-order chi connectivity index (χ0) is 15.1. The van der Waals surface area contributed by atoms with Gasteiger partial charge in [-0.3, -0.25) is 4.90 Å². The molecule has 1 rings (SSSR count). The number of allylic oxidation sites excluding steroid dienone is 3. The largest absolute Gasteiger partial charge is 0.480 e. The SMILES string of the molecule is C=C/C=C\C(=C/C)COC(=O)N1CC(F)C[C@H]1C(=O)O. The van der Waals surface area contributed by atoms with Gasteiger partial charge in [-0.25, -0.2) is 14.0 Å². The molecule has 0 aliphatic carbocycles. The second-order valence-corrected chi connectivity index (χ2v) is 4.35. The fourth-order valence-corrected chi connectivity index (χ4v) is 1.87. The van der Waals surface area contributed by atoms with Crippen molar-refractivity contribution in [3.05, 3.63) is 36.5 Å². The van der Waals surface area contributed by atoms with Crippen LogP contribution in [0.4, 0.5) is 9.18 Å². The molecule has 0 aromatic carbocycles. The number of carboxylic acids is 1. The van der Waals surface area contributed by atoms with Gasteiger partial charge < -0.3 is 9.84 Å². The smallest absolute Gasteiger partial charge is 0.410 e. The van der Waals surface area contributed by atoms with E-state index in [0.29, 0.717) is 0 Å². The van der Waals surface area contributed by atoms with Gasteiger partial charge in [0.2, 0.25) is 0 Å². The average molecular weight is 283 g/mol. The molecule has 1 amide bonds. The van der Waals surface area contributed by atoms with E-state index in [1.165, 1.54) is 0 Å². The van der Waals surface area contributed by atoms with E-state index in [0.717, 1.165) is 10.5 Å². The highest BCUT2D eigenvalue weighted by Crippen LogP contribution is 2.21. The third kappa shape index (κ3) is 4.22. The van der Waals surface area contributed by atoms with Crippen molar-refractivity contribution in [2.75, 3.05) is 13.2 Å².